The zero-order valence-corrected chi connectivity index (χ0v) is 14.2. The van der Waals surface area contributed by atoms with E-state index in [0.29, 0.717) is 0 Å². The molecule has 4 aromatic rings. The normalized spacial score (nSPS) is 11.0. The summed E-state index contributed by atoms with van der Waals surface area (Å²) in [6.45, 7) is 0. The highest BCUT2D eigenvalue weighted by Gasteiger charge is 2.06. The van der Waals surface area contributed by atoms with Crippen molar-refractivity contribution in [3.05, 3.63) is 82.6 Å². The quantitative estimate of drug-likeness (QED) is 0.359. The van der Waals surface area contributed by atoms with Gasteiger partial charge in [-0.25, -0.2) is 0 Å². The molecular weight excluding hydrogens is 352 g/mol. The first-order chi connectivity index (χ1) is 10.8. The van der Waals surface area contributed by atoms with Gasteiger partial charge in [0.15, 0.2) is 0 Å². The van der Waals surface area contributed by atoms with Gasteiger partial charge in [0.05, 0.1) is 0 Å². The molecule has 0 aliphatic rings. The molecule has 0 saturated carbocycles. The van der Waals surface area contributed by atoms with E-state index in [0.717, 1.165) is 4.47 Å². The standard InChI is InChI=1S/C20H13BrS/c21-17-11-9-15(10-12-17)14-5-7-16(8-6-14)19-13-22-20-4-2-1-3-18(19)20/h1-13H. The second kappa shape index (κ2) is 5.71. The average Bonchev–Trinajstić information content (AvgIpc) is 3.00. The lowest BCUT2D eigenvalue weighted by molar-refractivity contribution is 1.59. The van der Waals surface area contributed by atoms with E-state index in [9.17, 15) is 0 Å². The second-order valence-electron chi connectivity index (χ2n) is 5.23. The fraction of sp³-hybridized carbons (Fsp3) is 0. The second-order valence-corrected chi connectivity index (χ2v) is 7.06. The average molecular weight is 365 g/mol. The van der Waals surface area contributed by atoms with Gasteiger partial charge in [-0.05, 0) is 40.3 Å². The molecule has 0 spiro atoms. The van der Waals surface area contributed by atoms with Crippen molar-refractivity contribution < 1.29 is 0 Å². The molecule has 3 aromatic carbocycles. The lowest BCUT2D eigenvalue weighted by atomic mass is 10.00. The van der Waals surface area contributed by atoms with Crippen LogP contribution in [0.1, 0.15) is 0 Å². The summed E-state index contributed by atoms with van der Waals surface area (Å²) in [5.74, 6) is 0. The fourth-order valence-electron chi connectivity index (χ4n) is 2.69. The Morgan fingerprint density at radius 2 is 1.23 bits per heavy atom. The summed E-state index contributed by atoms with van der Waals surface area (Å²) in [6, 6.07) is 25.8. The van der Waals surface area contributed by atoms with Gasteiger partial charge in [-0.1, -0.05) is 70.5 Å². The highest BCUT2D eigenvalue weighted by Crippen LogP contribution is 2.34. The van der Waals surface area contributed by atoms with Gasteiger partial charge in [-0.15, -0.1) is 11.3 Å². The number of thiophene rings is 1. The molecule has 0 saturated heterocycles. The smallest absolute Gasteiger partial charge is 0.0349 e. The van der Waals surface area contributed by atoms with E-state index in [1.54, 1.807) is 11.3 Å². The molecule has 1 heterocycles. The maximum absolute atomic E-state index is 3.48. The number of halogens is 1. The molecule has 4 rings (SSSR count). The first-order valence-electron chi connectivity index (χ1n) is 7.14. The Bertz CT molecular complexity index is 918. The van der Waals surface area contributed by atoms with Gasteiger partial charge >= 0.3 is 0 Å². The molecule has 22 heavy (non-hydrogen) atoms. The molecule has 0 N–H and O–H groups in total. The molecule has 0 aliphatic heterocycles. The minimum atomic E-state index is 1.11. The summed E-state index contributed by atoms with van der Waals surface area (Å²) in [5.41, 5.74) is 5.09. The number of fused-ring (bicyclic) bond motifs is 1. The number of hydrogen-bond donors (Lipinski definition) is 0. The molecule has 0 fully saturated rings. The molecule has 106 valence electrons. The summed E-state index contributed by atoms with van der Waals surface area (Å²) >= 11 is 5.29. The van der Waals surface area contributed by atoms with Crippen LogP contribution in [0.25, 0.3) is 32.3 Å². The summed E-state index contributed by atoms with van der Waals surface area (Å²) in [5, 5.41) is 3.59. The minimum absolute atomic E-state index is 1.11. The molecule has 0 amide bonds. The van der Waals surface area contributed by atoms with Crippen LogP contribution in [0.4, 0.5) is 0 Å². The van der Waals surface area contributed by atoms with E-state index in [2.05, 4.69) is 94.1 Å². The van der Waals surface area contributed by atoms with E-state index in [1.807, 2.05) is 0 Å². The number of benzene rings is 3. The van der Waals surface area contributed by atoms with Crippen molar-refractivity contribution in [1.29, 1.82) is 0 Å². The Balaban J connectivity index is 1.74. The van der Waals surface area contributed by atoms with Crippen LogP contribution in [-0.2, 0) is 0 Å². The third-order valence-corrected chi connectivity index (χ3v) is 5.35. The van der Waals surface area contributed by atoms with Gasteiger partial charge in [0.1, 0.15) is 0 Å². The largest absolute Gasteiger partial charge is 0.143 e. The molecule has 1 aromatic heterocycles. The molecule has 0 radical (unpaired) electrons. The summed E-state index contributed by atoms with van der Waals surface area (Å²) in [6.07, 6.45) is 0. The van der Waals surface area contributed by atoms with Crippen molar-refractivity contribution in [2.24, 2.45) is 0 Å². The van der Waals surface area contributed by atoms with Gasteiger partial charge in [-0.3, -0.25) is 0 Å². The monoisotopic (exact) mass is 364 g/mol. The van der Waals surface area contributed by atoms with E-state index in [1.165, 1.54) is 32.3 Å². The van der Waals surface area contributed by atoms with Crippen LogP contribution in [-0.4, -0.2) is 0 Å². The number of rotatable bonds is 2. The van der Waals surface area contributed by atoms with E-state index in [-0.39, 0.29) is 0 Å². The zero-order valence-electron chi connectivity index (χ0n) is 11.8. The fourth-order valence-corrected chi connectivity index (χ4v) is 3.92. The van der Waals surface area contributed by atoms with E-state index >= 15 is 0 Å². The SMILES string of the molecule is Brc1ccc(-c2ccc(-c3csc4ccccc34)cc2)cc1. The summed E-state index contributed by atoms with van der Waals surface area (Å²) < 4.78 is 2.45. The Morgan fingerprint density at radius 1 is 0.636 bits per heavy atom. The Hall–Kier alpha value is -1.90. The van der Waals surface area contributed by atoms with Crippen molar-refractivity contribution >= 4 is 37.4 Å². The molecule has 0 nitrogen and oxygen atoms in total. The van der Waals surface area contributed by atoms with Gasteiger partial charge in [0, 0.05) is 20.1 Å². The van der Waals surface area contributed by atoms with Gasteiger partial charge in [0.2, 0.25) is 0 Å². The third-order valence-electron chi connectivity index (χ3n) is 3.85. The lowest BCUT2D eigenvalue weighted by Gasteiger charge is -2.05. The van der Waals surface area contributed by atoms with Crippen molar-refractivity contribution in [3.63, 3.8) is 0 Å². The molecule has 0 aliphatic carbocycles. The zero-order chi connectivity index (χ0) is 14.9. The van der Waals surface area contributed by atoms with Crippen molar-refractivity contribution in [3.8, 4) is 22.3 Å². The topological polar surface area (TPSA) is 0 Å². The highest BCUT2D eigenvalue weighted by molar-refractivity contribution is 9.10. The maximum Gasteiger partial charge on any atom is 0.0349 e. The van der Waals surface area contributed by atoms with Crippen LogP contribution in [0.15, 0.2) is 82.6 Å². The van der Waals surface area contributed by atoms with Crippen LogP contribution in [0.5, 0.6) is 0 Å². The Morgan fingerprint density at radius 3 is 1.95 bits per heavy atom. The van der Waals surface area contributed by atoms with Gasteiger partial charge in [0.25, 0.3) is 0 Å². The molecule has 2 heteroatoms. The molecular formula is C20H13BrS. The number of hydrogen-bond acceptors (Lipinski definition) is 1. The highest BCUT2D eigenvalue weighted by atomic mass is 79.9. The molecule has 0 bridgehead atoms. The van der Waals surface area contributed by atoms with Gasteiger partial charge < -0.3 is 0 Å². The van der Waals surface area contributed by atoms with E-state index < -0.39 is 0 Å². The predicted molar refractivity (Wildman–Crippen MR) is 100 cm³/mol. The van der Waals surface area contributed by atoms with E-state index in [4.69, 9.17) is 0 Å². The first kappa shape index (κ1) is 13.7. The maximum atomic E-state index is 3.48. The van der Waals surface area contributed by atoms with Crippen LogP contribution in [0.2, 0.25) is 0 Å². The predicted octanol–water partition coefficient (Wildman–Crippen LogP) is 7.00. The van der Waals surface area contributed by atoms with Crippen molar-refractivity contribution in [1.82, 2.24) is 0 Å². The van der Waals surface area contributed by atoms with Crippen LogP contribution in [0, 0.1) is 0 Å². The summed E-state index contributed by atoms with van der Waals surface area (Å²) in [4.78, 5) is 0. The van der Waals surface area contributed by atoms with Gasteiger partial charge in [-0.2, -0.15) is 0 Å². The van der Waals surface area contributed by atoms with Crippen LogP contribution < -0.4 is 0 Å². The molecule has 0 unspecified atom stereocenters. The van der Waals surface area contributed by atoms with Crippen LogP contribution in [0.3, 0.4) is 0 Å². The molecule has 0 atom stereocenters. The Labute approximate surface area is 142 Å². The van der Waals surface area contributed by atoms with Crippen LogP contribution >= 0.6 is 27.3 Å². The Kier molecular flexibility index (Phi) is 3.57. The summed E-state index contributed by atoms with van der Waals surface area (Å²) in [7, 11) is 0. The van der Waals surface area contributed by atoms with Crippen molar-refractivity contribution in [2.75, 3.05) is 0 Å². The lowest BCUT2D eigenvalue weighted by Crippen LogP contribution is -1.79. The first-order valence-corrected chi connectivity index (χ1v) is 8.81. The van der Waals surface area contributed by atoms with Crippen molar-refractivity contribution in [2.45, 2.75) is 0 Å². The minimum Gasteiger partial charge on any atom is -0.143 e. The third kappa shape index (κ3) is 2.49.